The molecule has 5 nitrogen and oxygen atoms in total. The lowest BCUT2D eigenvalue weighted by Crippen LogP contribution is -2.50. The normalized spacial score (nSPS) is 17.1. The van der Waals surface area contributed by atoms with E-state index in [-0.39, 0.29) is 18.7 Å². The number of hydrogen-bond acceptors (Lipinski definition) is 3. The fourth-order valence-electron chi connectivity index (χ4n) is 4.27. The van der Waals surface area contributed by atoms with E-state index in [0.717, 1.165) is 19.3 Å². The zero-order chi connectivity index (χ0) is 19.7. The molecule has 4 rings (SSSR count). The predicted octanol–water partition coefficient (Wildman–Crippen LogP) is 3.02. The Balaban J connectivity index is 1.31. The van der Waals surface area contributed by atoms with Crippen molar-refractivity contribution in [1.29, 1.82) is 0 Å². The number of aliphatic hydroxyl groups is 1. The summed E-state index contributed by atoms with van der Waals surface area (Å²) >= 11 is 0. The number of rotatable bonds is 5. The Kier molecular flexibility index (Phi) is 4.94. The zero-order valence-electron chi connectivity index (χ0n) is 15.9. The van der Waals surface area contributed by atoms with Gasteiger partial charge in [0.1, 0.15) is 0 Å². The van der Waals surface area contributed by atoms with Gasteiger partial charge in [0.05, 0.1) is 0 Å². The second kappa shape index (κ2) is 7.40. The fourth-order valence-corrected chi connectivity index (χ4v) is 4.27. The van der Waals surface area contributed by atoms with Gasteiger partial charge < -0.3 is 15.1 Å². The molecule has 0 aromatic heterocycles. The first-order chi connectivity index (χ1) is 13.5. The summed E-state index contributed by atoms with van der Waals surface area (Å²) < 4.78 is 0. The number of hydrogen-bond donors (Lipinski definition) is 2. The van der Waals surface area contributed by atoms with E-state index >= 15 is 0 Å². The molecule has 2 aliphatic rings. The van der Waals surface area contributed by atoms with Crippen molar-refractivity contribution in [3.8, 4) is 11.1 Å². The number of benzene rings is 2. The number of fused-ring (bicyclic) bond motifs is 3. The summed E-state index contributed by atoms with van der Waals surface area (Å²) in [6.07, 6.45) is 3.23. The Morgan fingerprint density at radius 3 is 2.46 bits per heavy atom. The van der Waals surface area contributed by atoms with E-state index in [4.69, 9.17) is 5.11 Å². The van der Waals surface area contributed by atoms with Gasteiger partial charge in [-0.1, -0.05) is 42.5 Å². The van der Waals surface area contributed by atoms with Gasteiger partial charge in [-0.3, -0.25) is 4.79 Å². The van der Waals surface area contributed by atoms with Crippen LogP contribution in [-0.4, -0.2) is 45.7 Å². The summed E-state index contributed by atoms with van der Waals surface area (Å²) in [7, 11) is 0. The average Bonchev–Trinajstić information content (AvgIpc) is 3.06. The summed E-state index contributed by atoms with van der Waals surface area (Å²) in [4.78, 5) is 25.2. The van der Waals surface area contributed by atoms with E-state index in [2.05, 4.69) is 42.5 Å². The standard InChI is InChI=1S/C23H25NO4/c25-21(24-12-10-23(28,11-13-24)22(26)27)7-3-4-16-8-9-18-15-17-5-1-2-6-19(17)20(18)14-16/h1-2,5-6,8-9,14,28H,3-4,7,10-13,15H2,(H,26,27). The first-order valence-electron chi connectivity index (χ1n) is 9.90. The highest BCUT2D eigenvalue weighted by Crippen LogP contribution is 2.37. The van der Waals surface area contributed by atoms with Gasteiger partial charge in [0, 0.05) is 32.4 Å². The van der Waals surface area contributed by atoms with E-state index in [1.807, 2.05) is 0 Å². The number of carboxylic acids is 1. The maximum absolute atomic E-state index is 12.4. The summed E-state index contributed by atoms with van der Waals surface area (Å²) in [5.74, 6) is -1.16. The van der Waals surface area contributed by atoms with Crippen LogP contribution in [0.2, 0.25) is 0 Å². The van der Waals surface area contributed by atoms with Crippen LogP contribution in [0.4, 0.5) is 0 Å². The maximum Gasteiger partial charge on any atom is 0.335 e. The lowest BCUT2D eigenvalue weighted by atomic mass is 9.91. The molecule has 0 bridgehead atoms. The molecule has 1 aliphatic carbocycles. The van der Waals surface area contributed by atoms with Crippen LogP contribution >= 0.6 is 0 Å². The molecule has 0 saturated carbocycles. The quantitative estimate of drug-likeness (QED) is 0.714. The van der Waals surface area contributed by atoms with E-state index in [1.54, 1.807) is 4.90 Å². The molecule has 1 aliphatic heterocycles. The Hall–Kier alpha value is -2.66. The smallest absolute Gasteiger partial charge is 0.335 e. The molecule has 1 amide bonds. The van der Waals surface area contributed by atoms with Crippen molar-refractivity contribution >= 4 is 11.9 Å². The van der Waals surface area contributed by atoms with Crippen LogP contribution in [0, 0.1) is 0 Å². The van der Waals surface area contributed by atoms with Gasteiger partial charge in [-0.25, -0.2) is 4.79 Å². The average molecular weight is 379 g/mol. The largest absolute Gasteiger partial charge is 0.479 e. The van der Waals surface area contributed by atoms with E-state index in [9.17, 15) is 14.7 Å². The molecule has 2 aromatic rings. The van der Waals surface area contributed by atoms with Crippen LogP contribution in [0.1, 0.15) is 42.4 Å². The molecule has 0 radical (unpaired) electrons. The molecule has 2 N–H and O–H groups in total. The number of carbonyl (C=O) groups is 2. The second-order valence-electron chi connectivity index (χ2n) is 7.90. The summed E-state index contributed by atoms with van der Waals surface area (Å²) in [6.45, 7) is 0.606. The number of piperidine rings is 1. The Labute approximate surface area is 164 Å². The number of aryl methyl sites for hydroxylation is 1. The van der Waals surface area contributed by atoms with Crippen LogP contribution in [0.5, 0.6) is 0 Å². The van der Waals surface area contributed by atoms with Crippen LogP contribution in [0.15, 0.2) is 42.5 Å². The van der Waals surface area contributed by atoms with Gasteiger partial charge in [0.15, 0.2) is 5.60 Å². The third kappa shape index (κ3) is 3.54. The number of carboxylic acid groups (broad SMARTS) is 1. The van der Waals surface area contributed by atoms with E-state index in [0.29, 0.717) is 19.5 Å². The van der Waals surface area contributed by atoms with Crippen molar-refractivity contribution in [2.75, 3.05) is 13.1 Å². The lowest BCUT2D eigenvalue weighted by molar-refractivity contribution is -0.165. The number of amides is 1. The van der Waals surface area contributed by atoms with Crippen LogP contribution in [0.3, 0.4) is 0 Å². The van der Waals surface area contributed by atoms with Crippen molar-refractivity contribution in [2.24, 2.45) is 0 Å². The first kappa shape index (κ1) is 18.7. The lowest BCUT2D eigenvalue weighted by Gasteiger charge is -2.35. The predicted molar refractivity (Wildman–Crippen MR) is 106 cm³/mol. The summed E-state index contributed by atoms with van der Waals surface area (Å²) in [5.41, 5.74) is 4.91. The van der Waals surface area contributed by atoms with Gasteiger partial charge in [-0.2, -0.15) is 0 Å². The molecule has 2 aromatic carbocycles. The number of carbonyl (C=O) groups excluding carboxylic acids is 1. The maximum atomic E-state index is 12.4. The minimum absolute atomic E-state index is 0.0407. The molecule has 1 saturated heterocycles. The molecule has 28 heavy (non-hydrogen) atoms. The van der Waals surface area contributed by atoms with Crippen LogP contribution in [-0.2, 0) is 22.4 Å². The number of likely N-dealkylation sites (tertiary alicyclic amines) is 1. The van der Waals surface area contributed by atoms with Crippen LogP contribution in [0.25, 0.3) is 11.1 Å². The molecule has 146 valence electrons. The minimum Gasteiger partial charge on any atom is -0.479 e. The third-order valence-electron chi connectivity index (χ3n) is 6.06. The number of nitrogens with zero attached hydrogens (tertiary/aromatic N) is 1. The number of aliphatic carboxylic acids is 1. The SMILES string of the molecule is O=C(CCCc1ccc2c(c1)-c1ccccc1C2)N1CCC(O)(C(=O)O)CC1. The molecule has 1 fully saturated rings. The van der Waals surface area contributed by atoms with Crippen molar-refractivity contribution in [2.45, 2.75) is 44.1 Å². The summed E-state index contributed by atoms with van der Waals surface area (Å²) in [5, 5.41) is 19.0. The third-order valence-corrected chi connectivity index (χ3v) is 6.06. The van der Waals surface area contributed by atoms with Gasteiger partial charge in [-0.05, 0) is 47.1 Å². The van der Waals surface area contributed by atoms with Crippen LogP contribution < -0.4 is 0 Å². The minimum atomic E-state index is -1.68. The monoisotopic (exact) mass is 379 g/mol. The van der Waals surface area contributed by atoms with E-state index < -0.39 is 11.6 Å². The van der Waals surface area contributed by atoms with Crippen molar-refractivity contribution in [3.63, 3.8) is 0 Å². The Morgan fingerprint density at radius 1 is 1.00 bits per heavy atom. The van der Waals surface area contributed by atoms with Gasteiger partial charge >= 0.3 is 5.97 Å². The Bertz CT molecular complexity index is 913. The highest BCUT2D eigenvalue weighted by atomic mass is 16.4. The first-order valence-corrected chi connectivity index (χ1v) is 9.90. The topological polar surface area (TPSA) is 77.8 Å². The molecule has 0 spiro atoms. The van der Waals surface area contributed by atoms with E-state index in [1.165, 1.54) is 27.8 Å². The molecular formula is C23H25NO4. The molecule has 5 heteroatoms. The highest BCUT2D eigenvalue weighted by Gasteiger charge is 2.40. The molecule has 0 unspecified atom stereocenters. The van der Waals surface area contributed by atoms with Gasteiger partial charge in [-0.15, -0.1) is 0 Å². The van der Waals surface area contributed by atoms with Crippen molar-refractivity contribution in [3.05, 3.63) is 59.2 Å². The van der Waals surface area contributed by atoms with Gasteiger partial charge in [0.2, 0.25) is 5.91 Å². The second-order valence-corrected chi connectivity index (χ2v) is 7.90. The fraction of sp³-hybridized carbons (Fsp3) is 0.391. The van der Waals surface area contributed by atoms with Crippen molar-refractivity contribution < 1.29 is 19.8 Å². The Morgan fingerprint density at radius 2 is 1.71 bits per heavy atom. The van der Waals surface area contributed by atoms with Gasteiger partial charge in [0.25, 0.3) is 0 Å². The molecule has 1 heterocycles. The highest BCUT2D eigenvalue weighted by molar-refractivity contribution is 5.80. The zero-order valence-corrected chi connectivity index (χ0v) is 15.9. The molecular weight excluding hydrogens is 354 g/mol. The summed E-state index contributed by atoms with van der Waals surface area (Å²) in [6, 6.07) is 15.1. The molecule has 0 atom stereocenters. The van der Waals surface area contributed by atoms with Crippen molar-refractivity contribution in [1.82, 2.24) is 4.90 Å².